The van der Waals surface area contributed by atoms with Gasteiger partial charge >= 0.3 is 0 Å². The maximum atomic E-state index is 12.6. The lowest BCUT2D eigenvalue weighted by Crippen LogP contribution is -2.30. The third kappa shape index (κ3) is 5.92. The molecule has 156 valence electrons. The van der Waals surface area contributed by atoms with E-state index in [-0.39, 0.29) is 23.4 Å². The van der Waals surface area contributed by atoms with Crippen LogP contribution in [0.15, 0.2) is 83.8 Å². The minimum absolute atomic E-state index is 0.168. The molecule has 0 atom stereocenters. The molecule has 3 rings (SSSR count). The van der Waals surface area contributed by atoms with Crippen LogP contribution < -0.4 is 14.8 Å². The van der Waals surface area contributed by atoms with Gasteiger partial charge < -0.3 is 10.1 Å². The van der Waals surface area contributed by atoms with Crippen LogP contribution in [0.4, 0.5) is 0 Å². The summed E-state index contributed by atoms with van der Waals surface area (Å²) in [6.45, 7) is 3.72. The van der Waals surface area contributed by atoms with Gasteiger partial charge in [0.15, 0.2) is 0 Å². The first-order valence-corrected chi connectivity index (χ1v) is 11.0. The zero-order valence-electron chi connectivity index (χ0n) is 16.8. The van der Waals surface area contributed by atoms with Gasteiger partial charge in [0, 0.05) is 18.2 Å². The number of amides is 1. The monoisotopic (exact) mass is 424 g/mol. The zero-order valence-corrected chi connectivity index (χ0v) is 17.6. The molecule has 3 aromatic rings. The van der Waals surface area contributed by atoms with Crippen molar-refractivity contribution in [3.8, 4) is 11.5 Å². The third-order valence-electron chi connectivity index (χ3n) is 4.13. The average Bonchev–Trinajstić information content (AvgIpc) is 2.72. The summed E-state index contributed by atoms with van der Waals surface area (Å²) >= 11 is 0. The largest absolute Gasteiger partial charge is 0.457 e. The lowest BCUT2D eigenvalue weighted by atomic mass is 10.2. The van der Waals surface area contributed by atoms with Gasteiger partial charge in [0.2, 0.25) is 10.0 Å². The molecule has 2 N–H and O–H groups in total. The Labute approximate surface area is 177 Å². The van der Waals surface area contributed by atoms with Crippen LogP contribution >= 0.6 is 0 Å². The highest BCUT2D eigenvalue weighted by molar-refractivity contribution is 7.89. The van der Waals surface area contributed by atoms with Gasteiger partial charge in [0.05, 0.1) is 4.90 Å². The second kappa shape index (κ2) is 9.56. The van der Waals surface area contributed by atoms with E-state index in [4.69, 9.17) is 4.74 Å². The highest BCUT2D eigenvalue weighted by Crippen LogP contribution is 2.22. The van der Waals surface area contributed by atoms with Gasteiger partial charge in [-0.25, -0.2) is 13.1 Å². The quantitative estimate of drug-likeness (QED) is 0.570. The number of carbonyl (C=O) groups excluding carboxylic acids is 1. The van der Waals surface area contributed by atoms with E-state index in [1.807, 2.05) is 30.3 Å². The van der Waals surface area contributed by atoms with Gasteiger partial charge in [-0.2, -0.15) is 0 Å². The number of sulfonamides is 1. The second-order valence-electron chi connectivity index (χ2n) is 7.05. The Hall–Kier alpha value is -3.16. The number of rotatable bonds is 8. The average molecular weight is 425 g/mol. The van der Waals surface area contributed by atoms with Gasteiger partial charge in [-0.1, -0.05) is 36.4 Å². The van der Waals surface area contributed by atoms with Crippen LogP contribution in [0.2, 0.25) is 0 Å². The fraction of sp³-hybridized carbons (Fsp3) is 0.174. The van der Waals surface area contributed by atoms with E-state index >= 15 is 0 Å². The van der Waals surface area contributed by atoms with Crippen LogP contribution in [0.3, 0.4) is 0 Å². The number of para-hydroxylation sites is 1. The summed E-state index contributed by atoms with van der Waals surface area (Å²) in [7, 11) is -3.59. The predicted molar refractivity (Wildman–Crippen MR) is 116 cm³/mol. The number of benzene rings is 3. The Balaban J connectivity index is 1.66. The number of carbonyl (C=O) groups is 1. The number of hydrogen-bond acceptors (Lipinski definition) is 4. The van der Waals surface area contributed by atoms with Crippen molar-refractivity contribution >= 4 is 15.9 Å². The maximum Gasteiger partial charge on any atom is 0.251 e. The second-order valence-corrected chi connectivity index (χ2v) is 8.76. The minimum Gasteiger partial charge on any atom is -0.457 e. The Kier molecular flexibility index (Phi) is 6.87. The molecule has 1 amide bonds. The number of nitrogens with one attached hydrogen (secondary N) is 2. The molecular formula is C23H24N2O4S. The lowest BCUT2D eigenvalue weighted by molar-refractivity contribution is 0.0950. The topological polar surface area (TPSA) is 84.5 Å². The normalized spacial score (nSPS) is 11.3. The first-order valence-electron chi connectivity index (χ1n) is 9.56. The van der Waals surface area contributed by atoms with Crippen LogP contribution in [0.25, 0.3) is 0 Å². The van der Waals surface area contributed by atoms with Crippen LogP contribution in [0.1, 0.15) is 29.8 Å². The zero-order chi connectivity index (χ0) is 21.6. The smallest absolute Gasteiger partial charge is 0.251 e. The molecular weight excluding hydrogens is 400 g/mol. The van der Waals surface area contributed by atoms with Crippen LogP contribution in [0, 0.1) is 0 Å². The van der Waals surface area contributed by atoms with Crippen molar-refractivity contribution in [3.63, 3.8) is 0 Å². The van der Waals surface area contributed by atoms with Crippen molar-refractivity contribution < 1.29 is 17.9 Å². The van der Waals surface area contributed by atoms with Gasteiger partial charge in [0.25, 0.3) is 5.91 Å². The molecule has 0 saturated carbocycles. The Morgan fingerprint density at radius 2 is 1.60 bits per heavy atom. The van der Waals surface area contributed by atoms with Crippen molar-refractivity contribution in [2.45, 2.75) is 31.3 Å². The molecule has 0 bridgehead atoms. The summed E-state index contributed by atoms with van der Waals surface area (Å²) in [5.41, 5.74) is 1.14. The van der Waals surface area contributed by atoms with Gasteiger partial charge in [0.1, 0.15) is 11.5 Å². The first kappa shape index (κ1) is 21.5. The predicted octanol–water partition coefficient (Wildman–Crippen LogP) is 4.10. The first-order chi connectivity index (χ1) is 14.3. The molecule has 0 aliphatic heterocycles. The third-order valence-corrected chi connectivity index (χ3v) is 5.78. The fourth-order valence-electron chi connectivity index (χ4n) is 2.81. The van der Waals surface area contributed by atoms with E-state index in [2.05, 4.69) is 10.0 Å². The molecule has 0 heterocycles. The number of ether oxygens (including phenoxy) is 1. The standard InChI is InChI=1S/C23H24N2O4S/c1-17(2)25-30(27,28)22-13-6-8-18(14-22)16-24-23(26)19-9-7-12-21(15-19)29-20-10-4-3-5-11-20/h3-15,17,25H,16H2,1-2H3,(H,24,26). The summed E-state index contributed by atoms with van der Waals surface area (Å²) < 4.78 is 33.0. The van der Waals surface area contributed by atoms with Crippen LogP contribution in [-0.4, -0.2) is 20.4 Å². The van der Waals surface area contributed by atoms with Crippen molar-refractivity contribution in [2.75, 3.05) is 0 Å². The van der Waals surface area contributed by atoms with Crippen molar-refractivity contribution in [2.24, 2.45) is 0 Å². The minimum atomic E-state index is -3.59. The maximum absolute atomic E-state index is 12.6. The summed E-state index contributed by atoms with van der Waals surface area (Å²) in [4.78, 5) is 12.7. The molecule has 0 spiro atoms. The molecule has 0 aliphatic carbocycles. The lowest BCUT2D eigenvalue weighted by Gasteiger charge is -2.11. The van der Waals surface area contributed by atoms with Gasteiger partial charge in [-0.15, -0.1) is 0 Å². The summed E-state index contributed by atoms with van der Waals surface area (Å²) in [6, 6.07) is 22.5. The summed E-state index contributed by atoms with van der Waals surface area (Å²) in [5.74, 6) is 0.965. The number of hydrogen-bond donors (Lipinski definition) is 2. The van der Waals surface area contributed by atoms with E-state index < -0.39 is 10.0 Å². The molecule has 0 aromatic heterocycles. The molecule has 0 saturated heterocycles. The van der Waals surface area contributed by atoms with Crippen molar-refractivity contribution in [3.05, 3.63) is 90.0 Å². The molecule has 0 aliphatic rings. The molecule has 0 unspecified atom stereocenters. The van der Waals surface area contributed by atoms with E-state index in [9.17, 15) is 13.2 Å². The molecule has 6 nitrogen and oxygen atoms in total. The summed E-state index contributed by atoms with van der Waals surface area (Å²) in [6.07, 6.45) is 0. The van der Waals surface area contributed by atoms with E-state index in [1.54, 1.807) is 56.3 Å². The molecule has 0 fully saturated rings. The van der Waals surface area contributed by atoms with Gasteiger partial charge in [-0.3, -0.25) is 4.79 Å². The Morgan fingerprint density at radius 3 is 2.33 bits per heavy atom. The summed E-state index contributed by atoms with van der Waals surface area (Å²) in [5, 5.41) is 2.82. The Morgan fingerprint density at radius 1 is 0.900 bits per heavy atom. The van der Waals surface area contributed by atoms with Crippen molar-refractivity contribution in [1.29, 1.82) is 0 Å². The molecule has 7 heteroatoms. The molecule has 3 aromatic carbocycles. The Bertz CT molecular complexity index is 1110. The van der Waals surface area contributed by atoms with E-state index in [0.29, 0.717) is 22.6 Å². The molecule has 0 radical (unpaired) electrons. The fourth-order valence-corrected chi connectivity index (χ4v) is 4.13. The van der Waals surface area contributed by atoms with Crippen LogP contribution in [-0.2, 0) is 16.6 Å². The molecule has 30 heavy (non-hydrogen) atoms. The van der Waals surface area contributed by atoms with Gasteiger partial charge in [-0.05, 0) is 61.9 Å². The van der Waals surface area contributed by atoms with E-state index in [1.165, 1.54) is 6.07 Å². The highest BCUT2D eigenvalue weighted by Gasteiger charge is 2.16. The van der Waals surface area contributed by atoms with Crippen LogP contribution in [0.5, 0.6) is 11.5 Å². The van der Waals surface area contributed by atoms with Crippen molar-refractivity contribution in [1.82, 2.24) is 10.0 Å². The van der Waals surface area contributed by atoms with E-state index in [0.717, 1.165) is 0 Å². The highest BCUT2D eigenvalue weighted by atomic mass is 32.2. The SMILES string of the molecule is CC(C)NS(=O)(=O)c1cccc(CNC(=O)c2cccc(Oc3ccccc3)c2)c1.